The Morgan fingerprint density at radius 1 is 0.958 bits per heavy atom. The highest BCUT2D eigenvalue weighted by atomic mass is 32.3. The van der Waals surface area contributed by atoms with Gasteiger partial charge in [0.1, 0.15) is 5.69 Å². The molecule has 0 aliphatic heterocycles. The molecule has 0 aliphatic carbocycles. The molecule has 1 heterocycles. The third-order valence-electron chi connectivity index (χ3n) is 3.29. The zero-order valence-electron chi connectivity index (χ0n) is 13.3. The fourth-order valence-corrected chi connectivity index (χ4v) is 2.16. The summed E-state index contributed by atoms with van der Waals surface area (Å²) in [7, 11) is -1.57. The van der Waals surface area contributed by atoms with Gasteiger partial charge in [0.25, 0.3) is 0 Å². The van der Waals surface area contributed by atoms with E-state index in [2.05, 4.69) is 68.6 Å². The van der Waals surface area contributed by atoms with Crippen LogP contribution >= 0.6 is 0 Å². The number of benzene rings is 2. The molecular weight excluding hydrogens is 328 g/mol. The van der Waals surface area contributed by atoms with Crippen molar-refractivity contribution in [1.29, 1.82) is 0 Å². The van der Waals surface area contributed by atoms with E-state index in [1.807, 2.05) is 19.2 Å². The summed E-state index contributed by atoms with van der Waals surface area (Å²) in [6, 6.07) is 23.0. The SMILES string of the molecule is COS(=O)(=O)[O-].C[n+]1[nH]c(-c2ccccc2)cc1-c1ccccc1. The Balaban J connectivity index is 0.000000301. The molecule has 6 nitrogen and oxygen atoms in total. The van der Waals surface area contributed by atoms with Gasteiger partial charge in [-0.15, -0.1) is 4.68 Å². The summed E-state index contributed by atoms with van der Waals surface area (Å²) in [6.45, 7) is 0. The van der Waals surface area contributed by atoms with Gasteiger partial charge in [0.05, 0.1) is 7.11 Å². The van der Waals surface area contributed by atoms with Crippen LogP contribution in [0.4, 0.5) is 0 Å². The number of aromatic amines is 1. The Hall–Kier alpha value is -2.48. The van der Waals surface area contributed by atoms with Crippen LogP contribution in [-0.4, -0.2) is 25.2 Å². The van der Waals surface area contributed by atoms with Crippen LogP contribution in [0.25, 0.3) is 22.5 Å². The quantitative estimate of drug-likeness (QED) is 0.448. The molecule has 24 heavy (non-hydrogen) atoms. The van der Waals surface area contributed by atoms with Crippen molar-refractivity contribution in [2.45, 2.75) is 0 Å². The second-order valence-corrected chi connectivity index (χ2v) is 6.07. The van der Waals surface area contributed by atoms with Crippen molar-refractivity contribution in [3.8, 4) is 22.5 Å². The minimum absolute atomic E-state index is 0.808. The lowest BCUT2D eigenvalue weighted by Gasteiger charge is -1.98. The lowest BCUT2D eigenvalue weighted by molar-refractivity contribution is -0.715. The van der Waals surface area contributed by atoms with E-state index in [0.29, 0.717) is 0 Å². The van der Waals surface area contributed by atoms with Gasteiger partial charge in [-0.1, -0.05) is 48.5 Å². The molecule has 2 aromatic carbocycles. The van der Waals surface area contributed by atoms with Gasteiger partial charge in [0, 0.05) is 17.2 Å². The van der Waals surface area contributed by atoms with Crippen molar-refractivity contribution >= 4 is 10.4 Å². The molecule has 0 atom stereocenters. The average Bonchev–Trinajstić information content (AvgIpc) is 2.98. The van der Waals surface area contributed by atoms with Gasteiger partial charge in [-0.05, 0) is 12.1 Å². The van der Waals surface area contributed by atoms with Gasteiger partial charge >= 0.3 is 0 Å². The third-order valence-corrected chi connectivity index (χ3v) is 3.70. The summed E-state index contributed by atoms with van der Waals surface area (Å²) >= 11 is 0. The summed E-state index contributed by atoms with van der Waals surface area (Å²) in [5, 5.41) is 3.38. The van der Waals surface area contributed by atoms with Gasteiger partial charge in [-0.3, -0.25) is 4.18 Å². The van der Waals surface area contributed by atoms with Gasteiger partial charge in [-0.25, -0.2) is 8.42 Å². The number of hydrogen-bond acceptors (Lipinski definition) is 4. The number of H-pyrrole nitrogens is 1. The molecule has 0 bridgehead atoms. The van der Waals surface area contributed by atoms with Crippen molar-refractivity contribution in [3.05, 3.63) is 66.7 Å². The molecule has 1 aromatic heterocycles. The number of hydrogen-bond donors (Lipinski definition) is 1. The Morgan fingerprint density at radius 3 is 1.88 bits per heavy atom. The van der Waals surface area contributed by atoms with E-state index in [1.54, 1.807) is 0 Å². The zero-order valence-corrected chi connectivity index (χ0v) is 14.2. The molecule has 7 heteroatoms. The number of rotatable bonds is 3. The minimum Gasteiger partial charge on any atom is -0.726 e. The number of aryl methyl sites for hydroxylation is 1. The molecule has 0 fully saturated rings. The minimum atomic E-state index is -4.41. The van der Waals surface area contributed by atoms with Crippen LogP contribution in [0.1, 0.15) is 0 Å². The lowest BCUT2D eigenvalue weighted by Crippen LogP contribution is -2.31. The van der Waals surface area contributed by atoms with Gasteiger partial charge < -0.3 is 4.55 Å². The first kappa shape index (κ1) is 17.9. The highest BCUT2D eigenvalue weighted by Gasteiger charge is 2.14. The van der Waals surface area contributed by atoms with E-state index in [0.717, 1.165) is 12.8 Å². The van der Waals surface area contributed by atoms with Crippen LogP contribution in [0.3, 0.4) is 0 Å². The summed E-state index contributed by atoms with van der Waals surface area (Å²) in [5.74, 6) is 0. The van der Waals surface area contributed by atoms with E-state index >= 15 is 0 Å². The first-order chi connectivity index (χ1) is 11.4. The summed E-state index contributed by atoms with van der Waals surface area (Å²) in [5.41, 5.74) is 4.75. The van der Waals surface area contributed by atoms with Crippen LogP contribution in [-0.2, 0) is 21.6 Å². The van der Waals surface area contributed by atoms with E-state index in [-0.39, 0.29) is 0 Å². The first-order valence-corrected chi connectivity index (χ1v) is 8.45. The van der Waals surface area contributed by atoms with E-state index in [9.17, 15) is 13.0 Å². The first-order valence-electron chi connectivity index (χ1n) is 7.12. The number of aromatic nitrogens is 2. The maximum absolute atomic E-state index is 9.22. The van der Waals surface area contributed by atoms with Crippen molar-refractivity contribution in [2.75, 3.05) is 7.11 Å². The zero-order chi connectivity index (χ0) is 17.6. The van der Waals surface area contributed by atoms with Gasteiger partial charge in [0.2, 0.25) is 16.1 Å². The van der Waals surface area contributed by atoms with Crippen LogP contribution in [0.2, 0.25) is 0 Å². The Bertz CT molecular complexity index is 875. The van der Waals surface area contributed by atoms with Crippen molar-refractivity contribution in [3.63, 3.8) is 0 Å². The van der Waals surface area contributed by atoms with Crippen LogP contribution in [0, 0.1) is 0 Å². The standard InChI is InChI=1S/C16H14N2.CH4O4S/c1-18-16(14-10-6-3-7-11-14)12-15(17-18)13-8-4-2-5-9-13;1-5-6(2,3)4/h2-12H,1H3;1H3,(H,2,3,4). The second-order valence-electron chi connectivity index (χ2n) is 4.92. The Morgan fingerprint density at radius 2 is 1.42 bits per heavy atom. The normalized spacial score (nSPS) is 10.8. The maximum Gasteiger partial charge on any atom is 0.238 e. The molecule has 3 rings (SSSR count). The fourth-order valence-electron chi connectivity index (χ4n) is 2.16. The molecule has 0 spiro atoms. The number of nitrogens with zero attached hydrogens (tertiary/aromatic N) is 1. The van der Waals surface area contributed by atoms with Crippen LogP contribution in [0.5, 0.6) is 0 Å². The molecule has 3 aromatic rings. The van der Waals surface area contributed by atoms with Crippen molar-refractivity contribution in [2.24, 2.45) is 7.05 Å². The smallest absolute Gasteiger partial charge is 0.238 e. The summed E-state index contributed by atoms with van der Waals surface area (Å²) in [4.78, 5) is 0. The molecule has 126 valence electrons. The highest BCUT2D eigenvalue weighted by molar-refractivity contribution is 7.80. The maximum atomic E-state index is 9.22. The molecule has 0 radical (unpaired) electrons. The van der Waals surface area contributed by atoms with Crippen molar-refractivity contribution in [1.82, 2.24) is 5.10 Å². The molecule has 0 saturated heterocycles. The molecule has 0 unspecified atom stereocenters. The highest BCUT2D eigenvalue weighted by Crippen LogP contribution is 2.21. The van der Waals surface area contributed by atoms with Crippen LogP contribution in [0.15, 0.2) is 66.7 Å². The monoisotopic (exact) mass is 346 g/mol. The molecule has 0 aliphatic rings. The molecular formula is C17H18N2O4S. The number of nitrogens with one attached hydrogen (secondary N) is 1. The topological polar surface area (TPSA) is 86.1 Å². The molecule has 1 N–H and O–H groups in total. The van der Waals surface area contributed by atoms with E-state index in [1.165, 1.54) is 16.8 Å². The van der Waals surface area contributed by atoms with Crippen molar-refractivity contribution < 1.29 is 21.8 Å². The summed E-state index contributed by atoms with van der Waals surface area (Å²) in [6.07, 6.45) is 0. The van der Waals surface area contributed by atoms with E-state index < -0.39 is 10.4 Å². The lowest BCUT2D eigenvalue weighted by atomic mass is 10.1. The predicted octanol–water partition coefficient (Wildman–Crippen LogP) is 2.27. The summed E-state index contributed by atoms with van der Waals surface area (Å²) < 4.78 is 33.1. The second kappa shape index (κ2) is 7.87. The Kier molecular flexibility index (Phi) is 5.86. The molecule has 0 amide bonds. The third kappa shape index (κ3) is 5.02. The van der Waals surface area contributed by atoms with Crippen LogP contribution < -0.4 is 4.68 Å². The average molecular weight is 346 g/mol. The largest absolute Gasteiger partial charge is 0.726 e. The predicted molar refractivity (Wildman–Crippen MR) is 89.5 cm³/mol. The van der Waals surface area contributed by atoms with Gasteiger partial charge in [-0.2, -0.15) is 5.10 Å². The molecule has 0 saturated carbocycles. The van der Waals surface area contributed by atoms with Gasteiger partial charge in [0.15, 0.2) is 7.05 Å². The van der Waals surface area contributed by atoms with E-state index in [4.69, 9.17) is 0 Å². The Labute approximate surface area is 141 Å². The fraction of sp³-hybridized carbons (Fsp3) is 0.118.